The van der Waals surface area contributed by atoms with Gasteiger partial charge >= 0.3 is 0 Å². The van der Waals surface area contributed by atoms with E-state index in [0.717, 1.165) is 16.0 Å². The topological polar surface area (TPSA) is 89.9 Å². The molecule has 0 aliphatic rings. The van der Waals surface area contributed by atoms with Crippen molar-refractivity contribution in [3.8, 4) is 11.6 Å². The van der Waals surface area contributed by atoms with Crippen LogP contribution in [0.3, 0.4) is 0 Å². The average Bonchev–Trinajstić information content (AvgIpc) is 3.18. The Morgan fingerprint density at radius 1 is 1.40 bits per heavy atom. The maximum atomic E-state index is 5.21. The quantitative estimate of drug-likeness (QED) is 0.695. The first-order valence-corrected chi connectivity index (χ1v) is 7.72. The molecule has 0 unspecified atom stereocenters. The fourth-order valence-corrected chi connectivity index (χ4v) is 3.09. The van der Waals surface area contributed by atoms with Crippen LogP contribution >= 0.6 is 23.1 Å². The third kappa shape index (κ3) is 2.99. The van der Waals surface area contributed by atoms with E-state index in [1.54, 1.807) is 18.4 Å². The van der Waals surface area contributed by atoms with Crippen LogP contribution in [0.25, 0.3) is 11.6 Å². The van der Waals surface area contributed by atoms with E-state index in [9.17, 15) is 0 Å². The molecule has 1 N–H and O–H groups in total. The molecule has 0 aliphatic heterocycles. The van der Waals surface area contributed by atoms with Crippen LogP contribution in [0, 0.1) is 0 Å². The number of hydrogen-bond donors (Lipinski definition) is 1. The van der Waals surface area contributed by atoms with Crippen molar-refractivity contribution in [2.45, 2.75) is 17.0 Å². The monoisotopic (exact) mass is 309 g/mol. The maximum Gasteiger partial charge on any atom is 0.238 e. The molecule has 0 saturated carbocycles. The lowest BCUT2D eigenvalue weighted by Gasteiger charge is -1.91. The molecular formula is C11H11N5O2S2. The molecule has 3 heterocycles. The molecule has 0 bridgehead atoms. The molecule has 9 heteroatoms. The number of nitrogens with zero attached hydrogens (tertiary/aromatic N) is 4. The van der Waals surface area contributed by atoms with Gasteiger partial charge in [0.15, 0.2) is 10.1 Å². The predicted octanol–water partition coefficient (Wildman–Crippen LogP) is 2.91. The zero-order chi connectivity index (χ0) is 13.8. The largest absolute Gasteiger partial charge is 0.461 e. The molecule has 20 heavy (non-hydrogen) atoms. The highest BCUT2D eigenvalue weighted by molar-refractivity contribution is 8.00. The fourth-order valence-electron chi connectivity index (χ4n) is 1.43. The van der Waals surface area contributed by atoms with Gasteiger partial charge in [-0.2, -0.15) is 4.98 Å². The Hall–Kier alpha value is -1.87. The van der Waals surface area contributed by atoms with Crippen molar-refractivity contribution < 1.29 is 8.94 Å². The van der Waals surface area contributed by atoms with E-state index in [1.165, 1.54) is 23.1 Å². The minimum absolute atomic E-state index is 0.455. The molecule has 0 spiro atoms. The van der Waals surface area contributed by atoms with Gasteiger partial charge in [0.25, 0.3) is 0 Å². The maximum absolute atomic E-state index is 5.21. The molecule has 3 rings (SSSR count). The molecule has 0 fully saturated rings. The average molecular weight is 309 g/mol. The van der Waals surface area contributed by atoms with Gasteiger partial charge in [0.1, 0.15) is 0 Å². The molecule has 0 saturated heterocycles. The van der Waals surface area contributed by atoms with Crippen molar-refractivity contribution >= 4 is 28.2 Å². The summed E-state index contributed by atoms with van der Waals surface area (Å²) in [6, 6.07) is 3.57. The summed E-state index contributed by atoms with van der Waals surface area (Å²) in [4.78, 5) is 4.26. The number of rotatable bonds is 6. The van der Waals surface area contributed by atoms with Gasteiger partial charge in [0, 0.05) is 6.54 Å². The van der Waals surface area contributed by atoms with Crippen LogP contribution in [0.2, 0.25) is 0 Å². The first-order valence-electron chi connectivity index (χ1n) is 5.92. The first kappa shape index (κ1) is 13.1. The second kappa shape index (κ2) is 6.06. The van der Waals surface area contributed by atoms with Crippen molar-refractivity contribution in [1.29, 1.82) is 0 Å². The van der Waals surface area contributed by atoms with E-state index in [2.05, 4.69) is 25.7 Å². The van der Waals surface area contributed by atoms with E-state index in [1.807, 2.05) is 6.92 Å². The van der Waals surface area contributed by atoms with Gasteiger partial charge in [-0.15, -0.1) is 10.2 Å². The van der Waals surface area contributed by atoms with Crippen LogP contribution in [0.1, 0.15) is 12.8 Å². The molecule has 3 aromatic rings. The Labute approximate surface area is 122 Å². The lowest BCUT2D eigenvalue weighted by Crippen LogP contribution is -1.94. The summed E-state index contributed by atoms with van der Waals surface area (Å²) in [7, 11) is 0. The SMILES string of the molecule is CCNc1nnc(SCc2nc(-c3ccco3)no2)s1. The van der Waals surface area contributed by atoms with Gasteiger partial charge in [-0.05, 0) is 19.1 Å². The molecule has 0 aromatic carbocycles. The smallest absolute Gasteiger partial charge is 0.238 e. The lowest BCUT2D eigenvalue weighted by molar-refractivity contribution is 0.390. The summed E-state index contributed by atoms with van der Waals surface area (Å²) in [5.41, 5.74) is 0. The van der Waals surface area contributed by atoms with E-state index in [4.69, 9.17) is 8.94 Å². The van der Waals surface area contributed by atoms with Gasteiger partial charge in [0.05, 0.1) is 12.0 Å². The van der Waals surface area contributed by atoms with Crippen molar-refractivity contribution in [3.63, 3.8) is 0 Å². The summed E-state index contributed by atoms with van der Waals surface area (Å²) in [5.74, 6) is 2.13. The minimum atomic E-state index is 0.455. The molecule has 0 radical (unpaired) electrons. The summed E-state index contributed by atoms with van der Waals surface area (Å²) >= 11 is 3.01. The fraction of sp³-hybridized carbons (Fsp3) is 0.273. The van der Waals surface area contributed by atoms with Gasteiger partial charge < -0.3 is 14.3 Å². The number of furan rings is 1. The Kier molecular flexibility index (Phi) is 3.97. The second-order valence-corrected chi connectivity index (χ2v) is 5.88. The van der Waals surface area contributed by atoms with Crippen molar-refractivity contribution in [2.24, 2.45) is 0 Å². The number of thioether (sulfide) groups is 1. The van der Waals surface area contributed by atoms with Crippen molar-refractivity contribution in [2.75, 3.05) is 11.9 Å². The van der Waals surface area contributed by atoms with Crippen LogP contribution < -0.4 is 5.32 Å². The minimum Gasteiger partial charge on any atom is -0.461 e. The van der Waals surface area contributed by atoms with Gasteiger partial charge in [0.2, 0.25) is 16.8 Å². The molecule has 0 aliphatic carbocycles. The Morgan fingerprint density at radius 2 is 2.35 bits per heavy atom. The summed E-state index contributed by atoms with van der Waals surface area (Å²) in [6.45, 7) is 2.85. The normalized spacial score (nSPS) is 10.8. The predicted molar refractivity (Wildman–Crippen MR) is 75.6 cm³/mol. The third-order valence-electron chi connectivity index (χ3n) is 2.26. The molecular weight excluding hydrogens is 298 g/mol. The third-order valence-corrected chi connectivity index (χ3v) is 4.26. The lowest BCUT2D eigenvalue weighted by atomic mass is 10.4. The Balaban J connectivity index is 1.60. The number of hydrogen-bond acceptors (Lipinski definition) is 9. The Bertz CT molecular complexity index is 664. The van der Waals surface area contributed by atoms with Gasteiger partial charge in [-0.1, -0.05) is 28.3 Å². The zero-order valence-electron chi connectivity index (χ0n) is 10.6. The highest BCUT2D eigenvalue weighted by Crippen LogP contribution is 2.28. The van der Waals surface area contributed by atoms with Crippen molar-refractivity contribution in [3.05, 3.63) is 24.3 Å². The summed E-state index contributed by atoms with van der Waals surface area (Å²) < 4.78 is 11.2. The molecule has 0 atom stereocenters. The van der Waals surface area contributed by atoms with Gasteiger partial charge in [-0.25, -0.2) is 0 Å². The standard InChI is InChI=1S/C11H11N5O2S2/c1-2-12-10-14-15-11(20-10)19-6-8-13-9(16-18-8)7-4-3-5-17-7/h3-5H,2,6H2,1H3,(H,12,14). The Morgan fingerprint density at radius 3 is 3.15 bits per heavy atom. The van der Waals surface area contributed by atoms with E-state index < -0.39 is 0 Å². The molecule has 104 valence electrons. The second-order valence-electron chi connectivity index (χ2n) is 3.68. The van der Waals surface area contributed by atoms with Crippen LogP contribution in [-0.4, -0.2) is 26.9 Å². The summed E-state index contributed by atoms with van der Waals surface area (Å²) in [6.07, 6.45) is 1.57. The first-order chi connectivity index (χ1) is 9.85. The summed E-state index contributed by atoms with van der Waals surface area (Å²) in [5, 5.41) is 15.9. The molecule has 3 aromatic heterocycles. The highest BCUT2D eigenvalue weighted by Gasteiger charge is 2.12. The molecule has 7 nitrogen and oxygen atoms in total. The van der Waals surface area contributed by atoms with Crippen LogP contribution in [0.4, 0.5) is 5.13 Å². The van der Waals surface area contributed by atoms with Crippen LogP contribution in [0.5, 0.6) is 0 Å². The van der Waals surface area contributed by atoms with Crippen LogP contribution in [-0.2, 0) is 5.75 Å². The molecule has 0 amide bonds. The number of aromatic nitrogens is 4. The van der Waals surface area contributed by atoms with Gasteiger partial charge in [-0.3, -0.25) is 0 Å². The zero-order valence-corrected chi connectivity index (χ0v) is 12.2. The van der Waals surface area contributed by atoms with E-state index in [-0.39, 0.29) is 0 Å². The van der Waals surface area contributed by atoms with E-state index >= 15 is 0 Å². The van der Waals surface area contributed by atoms with Crippen LogP contribution in [0.15, 0.2) is 31.7 Å². The number of anilines is 1. The van der Waals surface area contributed by atoms with E-state index in [0.29, 0.717) is 23.2 Å². The number of nitrogens with one attached hydrogen (secondary N) is 1. The highest BCUT2D eigenvalue weighted by atomic mass is 32.2. The van der Waals surface area contributed by atoms with Crippen molar-refractivity contribution in [1.82, 2.24) is 20.3 Å².